The lowest BCUT2D eigenvalue weighted by Gasteiger charge is -2.44. The van der Waals surface area contributed by atoms with Gasteiger partial charge < -0.3 is 30.1 Å². The third kappa shape index (κ3) is 3.79. The van der Waals surface area contributed by atoms with Crippen molar-refractivity contribution in [3.63, 3.8) is 0 Å². The van der Waals surface area contributed by atoms with Crippen LogP contribution in [0.25, 0.3) is 0 Å². The number of fused-ring (bicyclic) bond motifs is 1. The van der Waals surface area contributed by atoms with Crippen LogP contribution in [0.4, 0.5) is 5.69 Å². The number of aryl methyl sites for hydroxylation is 1. The first-order valence-electron chi connectivity index (χ1n) is 10.3. The van der Waals surface area contributed by atoms with Gasteiger partial charge in [0.05, 0.1) is 6.61 Å². The molecule has 1 saturated heterocycles. The molecule has 2 aromatic rings. The van der Waals surface area contributed by atoms with Crippen LogP contribution in [0, 0.1) is 0 Å². The lowest BCUT2D eigenvalue weighted by molar-refractivity contribution is -0.228. The fourth-order valence-electron chi connectivity index (χ4n) is 4.48. The molecule has 0 bridgehead atoms. The molecule has 0 aromatic heterocycles. The molecule has 0 aliphatic carbocycles. The van der Waals surface area contributed by atoms with Crippen LogP contribution in [-0.2, 0) is 17.6 Å². The summed E-state index contributed by atoms with van der Waals surface area (Å²) in [5, 5.41) is 40.4. The summed E-state index contributed by atoms with van der Waals surface area (Å²) in [6.45, 7) is 2.34. The first-order chi connectivity index (χ1) is 14.0. The molecule has 1 fully saturated rings. The van der Waals surface area contributed by atoms with Gasteiger partial charge in [-0.25, -0.2) is 0 Å². The van der Waals surface area contributed by atoms with Gasteiger partial charge in [0.1, 0.15) is 24.4 Å². The van der Waals surface area contributed by atoms with Crippen LogP contribution in [0.3, 0.4) is 0 Å². The highest BCUT2D eigenvalue weighted by atomic mass is 16.6. The van der Waals surface area contributed by atoms with Crippen molar-refractivity contribution in [2.75, 3.05) is 18.1 Å². The number of aliphatic hydroxyl groups excluding tert-OH is 4. The van der Waals surface area contributed by atoms with Crippen molar-refractivity contribution in [1.82, 2.24) is 0 Å². The number of ether oxygens (including phenoxy) is 1. The van der Waals surface area contributed by atoms with Crippen LogP contribution in [0.1, 0.15) is 29.5 Å². The van der Waals surface area contributed by atoms with E-state index in [0.29, 0.717) is 6.54 Å². The minimum Gasteiger partial charge on any atom is -0.394 e. The summed E-state index contributed by atoms with van der Waals surface area (Å²) in [5.74, 6) is 0.214. The molecule has 0 radical (unpaired) electrons. The Hall–Kier alpha value is -1.96. The number of hydrogen-bond acceptors (Lipinski definition) is 6. The number of rotatable bonds is 5. The summed E-state index contributed by atoms with van der Waals surface area (Å²) >= 11 is 0. The topological polar surface area (TPSA) is 93.4 Å². The number of hydrogen-bond donors (Lipinski definition) is 4. The van der Waals surface area contributed by atoms with Gasteiger partial charge in [0.25, 0.3) is 0 Å². The van der Waals surface area contributed by atoms with Gasteiger partial charge in [-0.15, -0.1) is 0 Å². The lowest BCUT2D eigenvalue weighted by atomic mass is 9.93. The average molecular weight is 399 g/mol. The second-order valence-corrected chi connectivity index (χ2v) is 8.00. The molecule has 29 heavy (non-hydrogen) atoms. The van der Waals surface area contributed by atoms with E-state index in [9.17, 15) is 20.4 Å². The van der Waals surface area contributed by atoms with Gasteiger partial charge in [0, 0.05) is 18.2 Å². The average Bonchev–Trinajstić information content (AvgIpc) is 3.11. The Kier molecular flexibility index (Phi) is 5.90. The maximum absolute atomic E-state index is 10.6. The van der Waals surface area contributed by atoms with Gasteiger partial charge in [-0.1, -0.05) is 49.4 Å². The highest BCUT2D eigenvalue weighted by Crippen LogP contribution is 2.41. The zero-order valence-corrected chi connectivity index (χ0v) is 16.6. The molecule has 0 saturated carbocycles. The molecular weight excluding hydrogens is 370 g/mol. The van der Waals surface area contributed by atoms with Crippen molar-refractivity contribution in [3.8, 4) is 0 Å². The van der Waals surface area contributed by atoms with Gasteiger partial charge in [-0.3, -0.25) is 0 Å². The molecule has 156 valence electrons. The summed E-state index contributed by atoms with van der Waals surface area (Å²) < 4.78 is 5.82. The Morgan fingerprint density at radius 2 is 1.62 bits per heavy atom. The van der Waals surface area contributed by atoms with Gasteiger partial charge >= 0.3 is 0 Å². The number of para-hydroxylation sites is 1. The maximum Gasteiger partial charge on any atom is 0.159 e. The van der Waals surface area contributed by atoms with Gasteiger partial charge in [0.15, 0.2) is 6.23 Å². The van der Waals surface area contributed by atoms with Crippen molar-refractivity contribution in [2.45, 2.75) is 56.3 Å². The third-order valence-electron chi connectivity index (χ3n) is 6.19. The van der Waals surface area contributed by atoms with Crippen molar-refractivity contribution in [3.05, 3.63) is 65.2 Å². The molecule has 6 nitrogen and oxygen atoms in total. The Bertz CT molecular complexity index is 824. The normalized spacial score (nSPS) is 31.7. The van der Waals surface area contributed by atoms with Crippen LogP contribution in [0.2, 0.25) is 0 Å². The SMILES string of the molecule is CCc1ccc(C[C@@H]2CN([C@@H]3O[C@H](CO)[C@@H](O)[C@H](O)[C@H]3O)c3ccccc32)cc1. The molecule has 2 aromatic carbocycles. The fraction of sp³-hybridized carbons (Fsp3) is 0.478. The van der Waals surface area contributed by atoms with E-state index < -0.39 is 37.3 Å². The van der Waals surface area contributed by atoms with Crippen molar-refractivity contribution >= 4 is 5.69 Å². The van der Waals surface area contributed by atoms with Crippen molar-refractivity contribution in [1.29, 1.82) is 0 Å². The molecule has 6 heteroatoms. The molecule has 0 unspecified atom stereocenters. The minimum atomic E-state index is -1.38. The van der Waals surface area contributed by atoms with Crippen molar-refractivity contribution in [2.24, 2.45) is 0 Å². The molecule has 2 aliphatic heterocycles. The first-order valence-corrected chi connectivity index (χ1v) is 10.3. The first kappa shape index (κ1) is 20.3. The molecule has 4 N–H and O–H groups in total. The van der Waals surface area contributed by atoms with Gasteiger partial charge in [0.2, 0.25) is 0 Å². The summed E-state index contributed by atoms with van der Waals surface area (Å²) in [6.07, 6.45) is -3.88. The molecule has 2 heterocycles. The fourth-order valence-corrected chi connectivity index (χ4v) is 4.48. The predicted molar refractivity (Wildman–Crippen MR) is 110 cm³/mol. The third-order valence-corrected chi connectivity index (χ3v) is 6.19. The van der Waals surface area contributed by atoms with Crippen LogP contribution < -0.4 is 4.90 Å². The number of benzene rings is 2. The van der Waals surface area contributed by atoms with E-state index in [0.717, 1.165) is 18.5 Å². The largest absolute Gasteiger partial charge is 0.394 e. The Morgan fingerprint density at radius 1 is 0.931 bits per heavy atom. The zero-order chi connectivity index (χ0) is 20.5. The van der Waals surface area contributed by atoms with E-state index in [-0.39, 0.29) is 5.92 Å². The molecule has 0 spiro atoms. The van der Waals surface area contributed by atoms with E-state index >= 15 is 0 Å². The Balaban J connectivity index is 1.59. The van der Waals surface area contributed by atoms with Crippen LogP contribution >= 0.6 is 0 Å². The predicted octanol–water partition coefficient (Wildman–Crippen LogP) is 1.20. The number of aliphatic hydroxyl groups is 4. The molecule has 6 atom stereocenters. The van der Waals surface area contributed by atoms with E-state index in [1.165, 1.54) is 16.7 Å². The van der Waals surface area contributed by atoms with Crippen LogP contribution in [0.5, 0.6) is 0 Å². The van der Waals surface area contributed by atoms with E-state index in [4.69, 9.17) is 4.74 Å². The highest BCUT2D eigenvalue weighted by Gasteiger charge is 2.47. The summed E-state index contributed by atoms with van der Waals surface area (Å²) in [6, 6.07) is 16.7. The van der Waals surface area contributed by atoms with Crippen LogP contribution in [-0.4, -0.2) is 64.2 Å². The second kappa shape index (κ2) is 8.42. The monoisotopic (exact) mass is 399 g/mol. The number of nitrogens with zero attached hydrogens (tertiary/aromatic N) is 1. The Morgan fingerprint density at radius 3 is 2.31 bits per heavy atom. The zero-order valence-electron chi connectivity index (χ0n) is 16.6. The quantitative estimate of drug-likeness (QED) is 0.604. The number of anilines is 1. The molecule has 0 amide bonds. The maximum atomic E-state index is 10.6. The van der Waals surface area contributed by atoms with E-state index in [1.807, 2.05) is 23.1 Å². The lowest BCUT2D eigenvalue weighted by Crippen LogP contribution is -2.63. The second-order valence-electron chi connectivity index (χ2n) is 8.00. The molecular formula is C23H29NO5. The summed E-state index contributed by atoms with van der Waals surface area (Å²) in [7, 11) is 0. The molecule has 4 rings (SSSR count). The van der Waals surface area contributed by atoms with Crippen molar-refractivity contribution < 1.29 is 25.2 Å². The summed E-state index contributed by atoms with van der Waals surface area (Å²) in [5.41, 5.74) is 4.68. The van der Waals surface area contributed by atoms with E-state index in [1.54, 1.807) is 0 Å². The standard InChI is InChI=1S/C23H29NO5/c1-2-14-7-9-15(10-8-14)11-16-12-24(18-6-4-3-5-17(16)18)23-22(28)21(27)20(26)19(13-25)29-23/h3-10,16,19-23,25-28H,2,11-13H2,1H3/t16-,19-,20-,21+,22-,23-/m1/s1. The van der Waals surface area contributed by atoms with Gasteiger partial charge in [-0.2, -0.15) is 0 Å². The Labute approximate surface area is 171 Å². The highest BCUT2D eigenvalue weighted by molar-refractivity contribution is 5.61. The van der Waals surface area contributed by atoms with Gasteiger partial charge in [-0.05, 0) is 35.6 Å². The smallest absolute Gasteiger partial charge is 0.159 e. The molecule has 2 aliphatic rings. The minimum absolute atomic E-state index is 0.214. The summed E-state index contributed by atoms with van der Waals surface area (Å²) in [4.78, 5) is 1.95. The van der Waals surface area contributed by atoms with Crippen LogP contribution in [0.15, 0.2) is 48.5 Å². The van der Waals surface area contributed by atoms with E-state index in [2.05, 4.69) is 37.3 Å².